The molecule has 0 fully saturated rings. The zero-order valence-corrected chi connectivity index (χ0v) is 36.4. The number of nitrogens with zero attached hydrogens (tertiary/aromatic N) is 3. The molecule has 1 radical (unpaired) electrons. The van der Waals surface area contributed by atoms with E-state index in [1.807, 2.05) is 54.6 Å². The van der Waals surface area contributed by atoms with Gasteiger partial charge in [-0.05, 0) is 83.5 Å². The van der Waals surface area contributed by atoms with Crippen LogP contribution < -0.4 is 0 Å². The van der Waals surface area contributed by atoms with Crippen molar-refractivity contribution < 1.29 is 35.5 Å². The number of rotatable bonds is 8. The van der Waals surface area contributed by atoms with Gasteiger partial charge in [-0.3, -0.25) is 4.98 Å². The fraction of sp³-hybridized carbons (Fsp3) is 0.222. The van der Waals surface area contributed by atoms with Crippen molar-refractivity contribution in [2.45, 2.75) is 73.5 Å². The fourth-order valence-corrected chi connectivity index (χ4v) is 7.64. The molecule has 3 aromatic heterocycles. The molecule has 299 valence electrons. The third-order valence-corrected chi connectivity index (χ3v) is 10.3. The third-order valence-electron chi connectivity index (χ3n) is 10.3. The van der Waals surface area contributed by atoms with E-state index in [-0.39, 0.29) is 36.8 Å². The van der Waals surface area contributed by atoms with Crippen LogP contribution in [0.5, 0.6) is 0 Å². The molecule has 0 aliphatic carbocycles. The Hall–Kier alpha value is -5.61. The number of hydrogen-bond acceptors (Lipinski definition) is 3. The van der Waals surface area contributed by atoms with Crippen molar-refractivity contribution in [2.75, 3.05) is 0 Å². The summed E-state index contributed by atoms with van der Waals surface area (Å²) in [5.41, 5.74) is 9.91. The molecule has 4 nitrogen and oxygen atoms in total. The van der Waals surface area contributed by atoms with Crippen LogP contribution in [0.25, 0.3) is 72.4 Å². The molecule has 9 aromatic rings. The molecule has 0 saturated heterocycles. The SMILES string of the molecule is CC(C)c1cccc(C(C)C)c1-n1c(-c2[c-]cccc2)nc2ccccc21.[2H]C([2H])([2H])c1cnc(-c2[c-]ccc3c2oc2c(-c4ccccc4)c(C([2H])([2H])[2H])ccc23)cc1C([2H])([2H])C(C)C.[Ir]. The van der Waals surface area contributed by atoms with E-state index in [1.54, 1.807) is 32.0 Å². The van der Waals surface area contributed by atoms with E-state index in [2.05, 4.69) is 97.9 Å². The number of hydrogen-bond donors (Lipinski definition) is 0. The monoisotopic (exact) mass is 958 g/mol. The molecule has 0 spiro atoms. The Labute approximate surface area is 374 Å². The Morgan fingerprint density at radius 3 is 2.12 bits per heavy atom. The summed E-state index contributed by atoms with van der Waals surface area (Å²) in [6.45, 7) is 7.51. The van der Waals surface area contributed by atoms with Gasteiger partial charge < -0.3 is 14.0 Å². The normalized spacial score (nSPS) is 14.1. The summed E-state index contributed by atoms with van der Waals surface area (Å²) in [7, 11) is 0. The van der Waals surface area contributed by atoms with Gasteiger partial charge in [0.15, 0.2) is 0 Å². The molecule has 59 heavy (non-hydrogen) atoms. The van der Waals surface area contributed by atoms with Crippen molar-refractivity contribution in [2.24, 2.45) is 5.92 Å². The molecule has 5 heteroatoms. The molecular formula is C54H51IrN3O-2. The van der Waals surface area contributed by atoms with Crippen LogP contribution in [0.15, 0.2) is 138 Å². The van der Waals surface area contributed by atoms with Crippen molar-refractivity contribution in [3.8, 4) is 39.5 Å². The maximum absolute atomic E-state index is 8.66. The van der Waals surface area contributed by atoms with Crippen LogP contribution in [-0.4, -0.2) is 14.5 Å². The van der Waals surface area contributed by atoms with Gasteiger partial charge in [-0.15, -0.1) is 54.1 Å². The molecule has 0 unspecified atom stereocenters. The molecule has 0 bridgehead atoms. The van der Waals surface area contributed by atoms with Crippen molar-refractivity contribution in [1.29, 1.82) is 0 Å². The van der Waals surface area contributed by atoms with Crippen molar-refractivity contribution in [3.63, 3.8) is 0 Å². The maximum atomic E-state index is 8.66. The molecule has 0 aliphatic heterocycles. The van der Waals surface area contributed by atoms with E-state index < -0.39 is 26.0 Å². The first-order valence-electron chi connectivity index (χ1n) is 23.8. The molecule has 0 saturated carbocycles. The Morgan fingerprint density at radius 1 is 0.712 bits per heavy atom. The summed E-state index contributed by atoms with van der Waals surface area (Å²) in [6.07, 6.45) is -0.729. The van der Waals surface area contributed by atoms with Crippen LogP contribution in [-0.2, 0) is 26.5 Å². The van der Waals surface area contributed by atoms with E-state index in [1.165, 1.54) is 29.1 Å². The largest absolute Gasteiger partial charge is 0.500 e. The summed E-state index contributed by atoms with van der Waals surface area (Å²) in [5.74, 6) is 1.30. The zero-order valence-electron chi connectivity index (χ0n) is 42.0. The minimum Gasteiger partial charge on any atom is -0.500 e. The topological polar surface area (TPSA) is 43.9 Å². The molecule has 0 aliphatic rings. The second-order valence-electron chi connectivity index (χ2n) is 15.5. The Bertz CT molecular complexity index is 3160. The van der Waals surface area contributed by atoms with Gasteiger partial charge in [0.1, 0.15) is 5.58 Å². The van der Waals surface area contributed by atoms with Gasteiger partial charge in [0.25, 0.3) is 0 Å². The predicted molar refractivity (Wildman–Crippen MR) is 243 cm³/mol. The van der Waals surface area contributed by atoms with Gasteiger partial charge in [0.05, 0.1) is 22.4 Å². The van der Waals surface area contributed by atoms with Gasteiger partial charge in [0, 0.05) is 53.9 Å². The van der Waals surface area contributed by atoms with Gasteiger partial charge in [0.2, 0.25) is 0 Å². The van der Waals surface area contributed by atoms with E-state index in [0.29, 0.717) is 56.2 Å². The number of aryl methyl sites for hydroxylation is 2. The van der Waals surface area contributed by atoms with Crippen molar-refractivity contribution in [1.82, 2.24) is 14.5 Å². The van der Waals surface area contributed by atoms with Crippen LogP contribution in [0.1, 0.15) is 92.2 Å². The van der Waals surface area contributed by atoms with Crippen LogP contribution >= 0.6 is 0 Å². The second kappa shape index (κ2) is 17.7. The molecule has 0 atom stereocenters. The van der Waals surface area contributed by atoms with Crippen LogP contribution in [0.4, 0.5) is 0 Å². The average Bonchev–Trinajstić information content (AvgIpc) is 3.87. The molecule has 6 aromatic carbocycles. The molecule has 3 heterocycles. The van der Waals surface area contributed by atoms with E-state index >= 15 is 0 Å². The van der Waals surface area contributed by atoms with Gasteiger partial charge >= 0.3 is 0 Å². The summed E-state index contributed by atoms with van der Waals surface area (Å²) in [5, 5.41) is 1.42. The Kier molecular flexibility index (Phi) is 9.68. The first kappa shape index (κ1) is 32.3. The number of furan rings is 1. The van der Waals surface area contributed by atoms with Crippen molar-refractivity contribution in [3.05, 3.63) is 174 Å². The number of benzene rings is 6. The number of para-hydroxylation sites is 3. The van der Waals surface area contributed by atoms with E-state index in [0.717, 1.165) is 22.4 Å². The second-order valence-corrected chi connectivity index (χ2v) is 15.5. The number of imidazole rings is 1. The number of aromatic nitrogens is 3. The Morgan fingerprint density at radius 2 is 1.42 bits per heavy atom. The predicted octanol–water partition coefficient (Wildman–Crippen LogP) is 14.7. The minimum atomic E-state index is -2.55. The average molecular weight is 958 g/mol. The first-order valence-corrected chi connectivity index (χ1v) is 19.8. The van der Waals surface area contributed by atoms with Gasteiger partial charge in [-0.1, -0.05) is 137 Å². The summed E-state index contributed by atoms with van der Waals surface area (Å²) < 4.78 is 74.3. The number of fused-ring (bicyclic) bond motifs is 4. The molecule has 0 N–H and O–H groups in total. The Balaban J connectivity index is 0.000000209. The summed E-state index contributed by atoms with van der Waals surface area (Å²) in [4.78, 5) is 9.39. The van der Waals surface area contributed by atoms with Crippen LogP contribution in [0, 0.1) is 31.8 Å². The minimum absolute atomic E-state index is 0. The summed E-state index contributed by atoms with van der Waals surface area (Å²) in [6, 6.07) is 47.2. The fourth-order valence-electron chi connectivity index (χ4n) is 7.64. The first-order chi connectivity index (χ1) is 31.3. The van der Waals surface area contributed by atoms with E-state index in [9.17, 15) is 0 Å². The van der Waals surface area contributed by atoms with Crippen LogP contribution in [0.2, 0.25) is 0 Å². The zero-order chi connectivity index (χ0) is 47.3. The van der Waals surface area contributed by atoms with Crippen molar-refractivity contribution >= 4 is 33.0 Å². The maximum Gasteiger partial charge on any atom is 0.129 e. The van der Waals surface area contributed by atoms with Gasteiger partial charge in [-0.2, -0.15) is 0 Å². The van der Waals surface area contributed by atoms with Crippen LogP contribution in [0.3, 0.4) is 0 Å². The summed E-state index contributed by atoms with van der Waals surface area (Å²) >= 11 is 0. The number of pyridine rings is 1. The quantitative estimate of drug-likeness (QED) is 0.143. The van der Waals surface area contributed by atoms with Gasteiger partial charge in [-0.25, -0.2) is 0 Å². The van der Waals surface area contributed by atoms with E-state index in [4.69, 9.17) is 20.4 Å². The molecular weight excluding hydrogens is 899 g/mol. The standard InChI is InChI=1S/C29H26NO.C25H25N2.Ir/c1-18(2)15-22-16-26(30-17-20(22)4)25-12-8-11-23-24-14-13-19(3)27(29(24)31-28(23)25)21-9-6-5-7-10-21;1-17(2)20-13-10-14-21(18(3)4)24(20)27-23-16-9-8-15-22(23)26-25(27)19-11-6-5-7-12-19;/h5-11,13-14,16-18H,15H2,1-4H3;5-11,13-18H,1-4H3;/q2*-1;/i3D3,4D3,15D2;;. The smallest absolute Gasteiger partial charge is 0.129 e. The molecule has 9 rings (SSSR count). The molecule has 0 amide bonds. The third kappa shape index (κ3) is 8.20.